The van der Waals surface area contributed by atoms with Crippen molar-refractivity contribution >= 4 is 0 Å². The highest BCUT2D eigenvalue weighted by Crippen LogP contribution is 2.38. The summed E-state index contributed by atoms with van der Waals surface area (Å²) in [5.41, 5.74) is 2.98. The molecule has 0 heterocycles. The first kappa shape index (κ1) is 13.2. The lowest BCUT2D eigenvalue weighted by Crippen LogP contribution is -2.23. The molecule has 1 N–H and O–H groups in total. The molecule has 0 radical (unpaired) electrons. The van der Waals surface area contributed by atoms with E-state index >= 15 is 0 Å². The molecule has 2 unspecified atom stereocenters. The highest BCUT2D eigenvalue weighted by molar-refractivity contribution is 5.39. The molecule has 1 nitrogen and oxygen atoms in total. The lowest BCUT2D eigenvalue weighted by molar-refractivity contribution is 0.129. The highest BCUT2D eigenvalue weighted by atomic mass is 16.3. The van der Waals surface area contributed by atoms with E-state index in [9.17, 15) is 5.11 Å². The Hall–Kier alpha value is -0.820. The summed E-state index contributed by atoms with van der Waals surface area (Å²) < 4.78 is 0. The van der Waals surface area contributed by atoms with Crippen molar-refractivity contribution < 1.29 is 5.11 Å². The predicted octanol–water partition coefficient (Wildman–Crippen LogP) is 4.44. The van der Waals surface area contributed by atoms with E-state index in [1.807, 2.05) is 0 Å². The van der Waals surface area contributed by atoms with Gasteiger partial charge in [-0.05, 0) is 48.6 Å². The maximum Gasteiger partial charge on any atom is 0.0546 e. The predicted molar refractivity (Wildman–Crippen MR) is 79.3 cm³/mol. The summed E-state index contributed by atoms with van der Waals surface area (Å²) in [6.45, 7) is 0. The molecule has 0 aromatic heterocycles. The molecule has 104 valence electrons. The van der Waals surface area contributed by atoms with Gasteiger partial charge in [-0.25, -0.2) is 0 Å². The van der Waals surface area contributed by atoms with E-state index in [4.69, 9.17) is 0 Å². The van der Waals surface area contributed by atoms with Crippen molar-refractivity contribution in [3.05, 3.63) is 35.4 Å². The molecule has 2 atom stereocenters. The number of aliphatic hydroxyl groups excluding tert-OH is 1. The topological polar surface area (TPSA) is 20.2 Å². The fourth-order valence-corrected chi connectivity index (χ4v) is 3.92. The van der Waals surface area contributed by atoms with E-state index in [2.05, 4.69) is 24.3 Å². The van der Waals surface area contributed by atoms with Crippen LogP contribution in [0.4, 0.5) is 0 Å². The Bertz CT molecular complexity index is 406. The summed E-state index contributed by atoms with van der Waals surface area (Å²) in [4.78, 5) is 0. The van der Waals surface area contributed by atoms with Crippen LogP contribution in [0, 0.1) is 5.92 Å². The second-order valence-electron chi connectivity index (χ2n) is 6.57. The van der Waals surface area contributed by atoms with Crippen molar-refractivity contribution in [2.75, 3.05) is 0 Å². The van der Waals surface area contributed by atoms with E-state index in [1.165, 1.54) is 56.1 Å². The molecule has 1 saturated carbocycles. The van der Waals surface area contributed by atoms with Gasteiger partial charge in [-0.15, -0.1) is 0 Å². The Balaban J connectivity index is 1.41. The third-order valence-corrected chi connectivity index (χ3v) is 5.15. The van der Waals surface area contributed by atoms with Crippen molar-refractivity contribution in [1.82, 2.24) is 0 Å². The number of benzene rings is 1. The minimum absolute atomic E-state index is 0.0831. The zero-order valence-electron chi connectivity index (χ0n) is 11.9. The van der Waals surface area contributed by atoms with Crippen LogP contribution < -0.4 is 0 Å². The molecule has 19 heavy (non-hydrogen) atoms. The van der Waals surface area contributed by atoms with Gasteiger partial charge in [-0.1, -0.05) is 56.4 Å². The van der Waals surface area contributed by atoms with Gasteiger partial charge in [-0.3, -0.25) is 0 Å². The van der Waals surface area contributed by atoms with Crippen LogP contribution in [0.1, 0.15) is 68.4 Å². The van der Waals surface area contributed by atoms with Crippen molar-refractivity contribution in [2.24, 2.45) is 5.92 Å². The minimum Gasteiger partial charge on any atom is -0.393 e. The van der Waals surface area contributed by atoms with Crippen LogP contribution in [-0.4, -0.2) is 11.2 Å². The molecule has 2 aliphatic rings. The van der Waals surface area contributed by atoms with Crippen LogP contribution in [0.3, 0.4) is 0 Å². The Morgan fingerprint density at radius 3 is 2.68 bits per heavy atom. The van der Waals surface area contributed by atoms with Crippen LogP contribution in [0.25, 0.3) is 0 Å². The maximum absolute atomic E-state index is 10.2. The minimum atomic E-state index is -0.0831. The van der Waals surface area contributed by atoms with E-state index < -0.39 is 0 Å². The molecule has 0 saturated heterocycles. The van der Waals surface area contributed by atoms with Gasteiger partial charge in [0, 0.05) is 0 Å². The second-order valence-corrected chi connectivity index (χ2v) is 6.57. The van der Waals surface area contributed by atoms with Gasteiger partial charge in [0.05, 0.1) is 6.10 Å². The lowest BCUT2D eigenvalue weighted by Gasteiger charge is -2.32. The van der Waals surface area contributed by atoms with Gasteiger partial charge in [-0.2, -0.15) is 0 Å². The van der Waals surface area contributed by atoms with Crippen LogP contribution in [0.5, 0.6) is 0 Å². The molecule has 0 amide bonds. The molecule has 1 heteroatoms. The summed E-state index contributed by atoms with van der Waals surface area (Å²) in [6, 6.07) is 8.70. The normalized spacial score (nSPS) is 24.6. The average Bonchev–Trinajstić information content (AvgIpc) is 2.44. The Kier molecular flexibility index (Phi) is 4.22. The molecule has 1 aromatic rings. The van der Waals surface area contributed by atoms with E-state index in [0.717, 1.165) is 18.8 Å². The molecule has 1 aromatic carbocycles. The number of hydrogen-bond acceptors (Lipinski definition) is 1. The van der Waals surface area contributed by atoms with Crippen LogP contribution in [0.15, 0.2) is 24.3 Å². The fraction of sp³-hybridized carbons (Fsp3) is 0.667. The first-order valence-electron chi connectivity index (χ1n) is 8.09. The standard InChI is InChI=1S/C18H26O/c19-17(11-10-14-6-2-1-3-7-14)13-16-12-15-8-4-5-9-18(15)16/h4-5,8-9,14,16-17,19H,1-3,6-7,10-13H2. The fourth-order valence-electron chi connectivity index (χ4n) is 3.92. The molecule has 2 aliphatic carbocycles. The summed E-state index contributed by atoms with van der Waals surface area (Å²) in [5, 5.41) is 10.2. The summed E-state index contributed by atoms with van der Waals surface area (Å²) >= 11 is 0. The maximum atomic E-state index is 10.2. The first-order chi connectivity index (χ1) is 9.33. The average molecular weight is 258 g/mol. The molecule has 1 fully saturated rings. The number of hydrogen-bond donors (Lipinski definition) is 1. The SMILES string of the molecule is OC(CCC1CCCCC1)CC1Cc2ccccc21. The summed E-state index contributed by atoms with van der Waals surface area (Å²) in [7, 11) is 0. The largest absolute Gasteiger partial charge is 0.393 e. The Labute approximate surface area is 117 Å². The molecule has 3 rings (SSSR count). The van der Waals surface area contributed by atoms with Crippen molar-refractivity contribution in [3.8, 4) is 0 Å². The molecule has 0 spiro atoms. The van der Waals surface area contributed by atoms with Gasteiger partial charge in [0.25, 0.3) is 0 Å². The first-order valence-corrected chi connectivity index (χ1v) is 8.09. The van der Waals surface area contributed by atoms with Crippen molar-refractivity contribution in [1.29, 1.82) is 0 Å². The van der Waals surface area contributed by atoms with Gasteiger partial charge < -0.3 is 5.11 Å². The van der Waals surface area contributed by atoms with Gasteiger partial charge in [0.2, 0.25) is 0 Å². The smallest absolute Gasteiger partial charge is 0.0546 e. The number of aliphatic hydroxyl groups is 1. The van der Waals surface area contributed by atoms with Crippen molar-refractivity contribution in [3.63, 3.8) is 0 Å². The van der Waals surface area contributed by atoms with Gasteiger partial charge in [0.15, 0.2) is 0 Å². The third-order valence-electron chi connectivity index (χ3n) is 5.15. The van der Waals surface area contributed by atoms with Gasteiger partial charge in [0.1, 0.15) is 0 Å². The Morgan fingerprint density at radius 1 is 1.11 bits per heavy atom. The third kappa shape index (κ3) is 3.20. The quantitative estimate of drug-likeness (QED) is 0.828. The molecular formula is C18H26O. The monoisotopic (exact) mass is 258 g/mol. The number of fused-ring (bicyclic) bond motifs is 1. The van der Waals surface area contributed by atoms with Gasteiger partial charge >= 0.3 is 0 Å². The van der Waals surface area contributed by atoms with E-state index in [1.54, 1.807) is 0 Å². The Morgan fingerprint density at radius 2 is 1.89 bits per heavy atom. The van der Waals surface area contributed by atoms with Crippen molar-refractivity contribution in [2.45, 2.75) is 69.8 Å². The zero-order valence-corrected chi connectivity index (χ0v) is 11.9. The molecule has 0 aliphatic heterocycles. The molecular weight excluding hydrogens is 232 g/mol. The van der Waals surface area contributed by atoms with Crippen LogP contribution in [0.2, 0.25) is 0 Å². The zero-order chi connectivity index (χ0) is 13.1. The summed E-state index contributed by atoms with van der Waals surface area (Å²) in [5.74, 6) is 1.52. The lowest BCUT2D eigenvalue weighted by atomic mass is 9.74. The summed E-state index contributed by atoms with van der Waals surface area (Å²) in [6.07, 6.45) is 11.4. The molecule has 0 bridgehead atoms. The number of rotatable bonds is 5. The van der Waals surface area contributed by atoms with E-state index in [0.29, 0.717) is 5.92 Å². The highest BCUT2D eigenvalue weighted by Gasteiger charge is 2.27. The second kappa shape index (κ2) is 6.09. The van der Waals surface area contributed by atoms with E-state index in [-0.39, 0.29) is 6.10 Å². The van der Waals surface area contributed by atoms with Crippen LogP contribution in [-0.2, 0) is 6.42 Å². The van der Waals surface area contributed by atoms with Crippen LogP contribution >= 0.6 is 0 Å².